The van der Waals surface area contributed by atoms with Gasteiger partial charge in [-0.3, -0.25) is 0 Å². The summed E-state index contributed by atoms with van der Waals surface area (Å²) < 4.78 is 28.4. The van der Waals surface area contributed by atoms with Crippen LogP contribution in [0.15, 0.2) is 53.6 Å². The Kier molecular flexibility index (Phi) is 4.12. The van der Waals surface area contributed by atoms with Crippen molar-refractivity contribution in [1.29, 1.82) is 0 Å². The van der Waals surface area contributed by atoms with E-state index >= 15 is 0 Å². The van der Waals surface area contributed by atoms with Crippen LogP contribution in [-0.4, -0.2) is 0 Å². The van der Waals surface area contributed by atoms with Crippen LogP contribution in [0, 0.1) is 18.6 Å². The van der Waals surface area contributed by atoms with Gasteiger partial charge in [0.2, 0.25) is 0 Å². The number of rotatable bonds is 2. The largest absolute Gasteiger partial charge is 0.206 e. The lowest BCUT2D eigenvalue weighted by Gasteiger charge is -2.13. The lowest BCUT2D eigenvalue weighted by molar-refractivity contribution is 0.621. The standard InChI is InChI=1S/C19H15ClF2/c1-12-2-8-17(18(21)10-12)14-5-9-16(19(22)11-14)13-3-6-15(20)7-4-13/h2-3,5-6,8-11H,4,7H2,1H3. The van der Waals surface area contributed by atoms with Gasteiger partial charge in [0.05, 0.1) is 0 Å². The van der Waals surface area contributed by atoms with Crippen LogP contribution in [0.1, 0.15) is 24.0 Å². The van der Waals surface area contributed by atoms with E-state index in [-0.39, 0.29) is 11.6 Å². The molecule has 0 saturated carbocycles. The lowest BCUT2D eigenvalue weighted by Crippen LogP contribution is -1.95. The Morgan fingerprint density at radius 2 is 1.59 bits per heavy atom. The Labute approximate surface area is 133 Å². The molecule has 0 bridgehead atoms. The maximum atomic E-state index is 14.4. The Balaban J connectivity index is 1.99. The van der Waals surface area contributed by atoms with Crippen LogP contribution in [0.4, 0.5) is 8.78 Å². The molecule has 0 aliphatic heterocycles. The summed E-state index contributed by atoms with van der Waals surface area (Å²) in [6.45, 7) is 1.82. The summed E-state index contributed by atoms with van der Waals surface area (Å²) in [4.78, 5) is 0. The Morgan fingerprint density at radius 1 is 0.864 bits per heavy atom. The van der Waals surface area contributed by atoms with E-state index in [0.717, 1.165) is 22.6 Å². The normalized spacial score (nSPS) is 14.5. The van der Waals surface area contributed by atoms with Gasteiger partial charge in [-0.1, -0.05) is 41.9 Å². The first-order valence-corrected chi connectivity index (χ1v) is 7.54. The summed E-state index contributed by atoms with van der Waals surface area (Å²) in [5.74, 6) is -0.672. The highest BCUT2D eigenvalue weighted by Crippen LogP contribution is 2.32. The topological polar surface area (TPSA) is 0 Å². The van der Waals surface area contributed by atoms with Crippen molar-refractivity contribution in [3.8, 4) is 11.1 Å². The number of benzene rings is 2. The Morgan fingerprint density at radius 3 is 2.23 bits per heavy atom. The van der Waals surface area contributed by atoms with E-state index in [1.807, 2.05) is 19.1 Å². The van der Waals surface area contributed by atoms with Crippen molar-refractivity contribution in [2.24, 2.45) is 0 Å². The average Bonchev–Trinajstić information content (AvgIpc) is 2.48. The zero-order chi connectivity index (χ0) is 15.7. The van der Waals surface area contributed by atoms with Crippen LogP contribution in [0.2, 0.25) is 0 Å². The van der Waals surface area contributed by atoms with Gasteiger partial charge in [-0.15, -0.1) is 0 Å². The molecule has 0 nitrogen and oxygen atoms in total. The van der Waals surface area contributed by atoms with Crippen LogP contribution < -0.4 is 0 Å². The van der Waals surface area contributed by atoms with Crippen molar-refractivity contribution in [2.45, 2.75) is 19.8 Å². The molecule has 0 N–H and O–H groups in total. The van der Waals surface area contributed by atoms with Crippen molar-refractivity contribution >= 4 is 17.2 Å². The molecule has 22 heavy (non-hydrogen) atoms. The van der Waals surface area contributed by atoms with Gasteiger partial charge in [0.15, 0.2) is 0 Å². The molecule has 0 unspecified atom stereocenters. The molecule has 2 aromatic rings. The van der Waals surface area contributed by atoms with Crippen LogP contribution in [-0.2, 0) is 0 Å². The summed E-state index contributed by atoms with van der Waals surface area (Å²) in [5.41, 5.74) is 3.27. The van der Waals surface area contributed by atoms with Gasteiger partial charge in [0.25, 0.3) is 0 Å². The van der Waals surface area contributed by atoms with E-state index in [2.05, 4.69) is 0 Å². The molecule has 1 aliphatic rings. The molecule has 0 spiro atoms. The number of aryl methyl sites for hydroxylation is 1. The third-order valence-electron chi connectivity index (χ3n) is 3.85. The zero-order valence-corrected chi connectivity index (χ0v) is 12.9. The lowest BCUT2D eigenvalue weighted by atomic mass is 9.94. The van der Waals surface area contributed by atoms with Gasteiger partial charge in [-0.05, 0) is 54.7 Å². The first-order valence-electron chi connectivity index (χ1n) is 7.16. The maximum absolute atomic E-state index is 14.4. The van der Waals surface area contributed by atoms with Gasteiger partial charge in [-0.2, -0.15) is 0 Å². The van der Waals surface area contributed by atoms with Gasteiger partial charge in [-0.25, -0.2) is 8.78 Å². The first kappa shape index (κ1) is 15.0. The Hall–Kier alpha value is -1.93. The fourth-order valence-corrected chi connectivity index (χ4v) is 2.79. The molecule has 2 aromatic carbocycles. The number of hydrogen-bond donors (Lipinski definition) is 0. The van der Waals surface area contributed by atoms with Crippen molar-refractivity contribution in [3.63, 3.8) is 0 Å². The van der Waals surface area contributed by atoms with Crippen LogP contribution in [0.25, 0.3) is 16.7 Å². The summed E-state index contributed by atoms with van der Waals surface area (Å²) in [6.07, 6.45) is 5.08. The highest BCUT2D eigenvalue weighted by atomic mass is 35.5. The smallest absolute Gasteiger partial charge is 0.131 e. The molecular formula is C19H15ClF2. The molecular weight excluding hydrogens is 302 g/mol. The fourth-order valence-electron chi connectivity index (χ4n) is 2.63. The molecule has 1 aliphatic carbocycles. The molecule has 112 valence electrons. The summed E-state index contributed by atoms with van der Waals surface area (Å²) in [5, 5.41) is 0.780. The minimum Gasteiger partial charge on any atom is -0.206 e. The third kappa shape index (κ3) is 2.97. The Bertz CT molecular complexity index is 788. The van der Waals surface area contributed by atoms with E-state index < -0.39 is 0 Å². The van der Waals surface area contributed by atoms with Gasteiger partial charge in [0.1, 0.15) is 11.6 Å². The van der Waals surface area contributed by atoms with E-state index in [4.69, 9.17) is 11.6 Å². The molecule has 0 fully saturated rings. The molecule has 3 rings (SSSR count). The molecule has 0 heterocycles. The van der Waals surface area contributed by atoms with Crippen molar-refractivity contribution in [3.05, 3.63) is 76.3 Å². The van der Waals surface area contributed by atoms with Crippen LogP contribution in [0.3, 0.4) is 0 Å². The van der Waals surface area contributed by atoms with E-state index in [1.165, 1.54) is 12.1 Å². The summed E-state index contributed by atoms with van der Waals surface area (Å²) >= 11 is 5.93. The molecule has 0 aromatic heterocycles. The van der Waals surface area contributed by atoms with Gasteiger partial charge >= 0.3 is 0 Å². The predicted octanol–water partition coefficient (Wildman–Crippen LogP) is 6.24. The van der Waals surface area contributed by atoms with Crippen LogP contribution in [0.5, 0.6) is 0 Å². The summed E-state index contributed by atoms with van der Waals surface area (Å²) in [6, 6.07) is 9.82. The molecule has 3 heteroatoms. The van der Waals surface area contributed by atoms with Crippen molar-refractivity contribution in [1.82, 2.24) is 0 Å². The first-order chi connectivity index (χ1) is 10.5. The quantitative estimate of drug-likeness (QED) is 0.615. The second kappa shape index (κ2) is 6.05. The van der Waals surface area contributed by atoms with E-state index in [0.29, 0.717) is 23.1 Å². The van der Waals surface area contributed by atoms with Crippen LogP contribution >= 0.6 is 11.6 Å². The monoisotopic (exact) mass is 316 g/mol. The van der Waals surface area contributed by atoms with Gasteiger partial charge in [0, 0.05) is 16.2 Å². The highest BCUT2D eigenvalue weighted by Gasteiger charge is 2.13. The fraction of sp³-hybridized carbons (Fsp3) is 0.158. The molecule has 0 radical (unpaired) electrons. The average molecular weight is 317 g/mol. The highest BCUT2D eigenvalue weighted by molar-refractivity contribution is 6.29. The molecule has 0 atom stereocenters. The second-order valence-corrected chi connectivity index (χ2v) is 5.97. The number of hydrogen-bond acceptors (Lipinski definition) is 0. The zero-order valence-electron chi connectivity index (χ0n) is 12.2. The van der Waals surface area contributed by atoms with Gasteiger partial charge < -0.3 is 0 Å². The predicted molar refractivity (Wildman–Crippen MR) is 87.7 cm³/mol. The number of halogens is 3. The minimum absolute atomic E-state index is 0.334. The van der Waals surface area contributed by atoms with Crippen molar-refractivity contribution in [2.75, 3.05) is 0 Å². The molecule has 0 saturated heterocycles. The third-order valence-corrected chi connectivity index (χ3v) is 4.16. The second-order valence-electron chi connectivity index (χ2n) is 5.48. The number of allylic oxidation sites excluding steroid dienone is 4. The maximum Gasteiger partial charge on any atom is 0.131 e. The minimum atomic E-state index is -0.338. The SMILES string of the molecule is Cc1ccc(-c2ccc(C3=CC=C(Cl)CC3)c(F)c2)c(F)c1. The summed E-state index contributed by atoms with van der Waals surface area (Å²) in [7, 11) is 0. The van der Waals surface area contributed by atoms with Crippen molar-refractivity contribution < 1.29 is 8.78 Å². The van der Waals surface area contributed by atoms with E-state index in [9.17, 15) is 8.78 Å². The van der Waals surface area contributed by atoms with E-state index in [1.54, 1.807) is 24.3 Å². The molecule has 0 amide bonds.